The molecule has 10 heteroatoms. The summed E-state index contributed by atoms with van der Waals surface area (Å²) >= 11 is 0. The molecule has 2 atom stereocenters. The second-order valence-electron chi connectivity index (χ2n) is 7.96. The van der Waals surface area contributed by atoms with E-state index in [1.807, 2.05) is 18.7 Å². The van der Waals surface area contributed by atoms with Crippen LogP contribution in [0.3, 0.4) is 0 Å². The van der Waals surface area contributed by atoms with E-state index < -0.39 is 23.8 Å². The zero-order chi connectivity index (χ0) is 24.2. The Hall–Kier alpha value is -3.30. The third-order valence-electron chi connectivity index (χ3n) is 5.48. The van der Waals surface area contributed by atoms with Gasteiger partial charge in [-0.3, -0.25) is 4.79 Å². The predicted molar refractivity (Wildman–Crippen MR) is 118 cm³/mol. The molecule has 1 unspecified atom stereocenters. The minimum Gasteiger partial charge on any atom is -0.490 e. The van der Waals surface area contributed by atoms with E-state index >= 15 is 0 Å². The number of carboxylic acids is 1. The first-order valence-corrected chi connectivity index (χ1v) is 10.7. The smallest absolute Gasteiger partial charge is 0.416 e. The topological polar surface area (TPSA) is 87.6 Å². The van der Waals surface area contributed by atoms with Gasteiger partial charge in [-0.2, -0.15) is 13.2 Å². The number of rotatable bonds is 9. The van der Waals surface area contributed by atoms with Crippen LogP contribution in [0.25, 0.3) is 0 Å². The van der Waals surface area contributed by atoms with Crippen molar-refractivity contribution in [3.05, 3.63) is 54.0 Å². The second-order valence-corrected chi connectivity index (χ2v) is 7.96. The number of allylic oxidation sites excluding steroid dienone is 1. The summed E-state index contributed by atoms with van der Waals surface area (Å²) in [5.74, 6) is -0.249. The number of nitrogens with one attached hydrogen (secondary N) is 1. The van der Waals surface area contributed by atoms with Gasteiger partial charge in [0.05, 0.1) is 30.6 Å². The molecule has 1 aromatic carbocycles. The Kier molecular flexibility index (Phi) is 7.45. The lowest BCUT2D eigenvalue weighted by atomic mass is 9.88. The van der Waals surface area contributed by atoms with Gasteiger partial charge in [-0.15, -0.1) is 0 Å². The summed E-state index contributed by atoms with van der Waals surface area (Å²) in [5.41, 5.74) is 1.25. The normalized spacial score (nSPS) is 17.9. The van der Waals surface area contributed by atoms with Gasteiger partial charge < -0.3 is 20.1 Å². The van der Waals surface area contributed by atoms with Gasteiger partial charge in [0.2, 0.25) is 5.95 Å². The quantitative estimate of drug-likeness (QED) is 0.480. The van der Waals surface area contributed by atoms with Crippen LogP contribution in [0, 0.1) is 0 Å². The lowest BCUT2D eigenvalue weighted by Gasteiger charge is -2.42. The third-order valence-corrected chi connectivity index (χ3v) is 5.48. The van der Waals surface area contributed by atoms with Gasteiger partial charge >= 0.3 is 12.1 Å². The van der Waals surface area contributed by atoms with Gasteiger partial charge in [0, 0.05) is 23.8 Å². The summed E-state index contributed by atoms with van der Waals surface area (Å²) in [6.07, 6.45) is 0.136. The summed E-state index contributed by atoms with van der Waals surface area (Å²) in [5, 5.41) is 11.8. The number of nitrogens with zero attached hydrogens (tertiary/aromatic N) is 3. The third kappa shape index (κ3) is 5.94. The molecule has 0 aliphatic carbocycles. The van der Waals surface area contributed by atoms with Crippen LogP contribution in [0.5, 0.6) is 5.75 Å². The monoisotopic (exact) mass is 464 g/mol. The van der Waals surface area contributed by atoms with Gasteiger partial charge in [0.15, 0.2) is 5.75 Å². The summed E-state index contributed by atoms with van der Waals surface area (Å²) < 4.78 is 45.6. The molecule has 0 saturated carbocycles. The second kappa shape index (κ2) is 10.1. The molecular formula is C23H27F3N4O3. The van der Waals surface area contributed by atoms with Crippen molar-refractivity contribution in [1.29, 1.82) is 0 Å². The highest BCUT2D eigenvalue weighted by Crippen LogP contribution is 2.43. The molecule has 2 N–H and O–H groups in total. The maximum Gasteiger partial charge on any atom is 0.416 e. The first-order chi connectivity index (χ1) is 15.6. The number of hydrogen-bond acceptors (Lipinski definition) is 6. The number of hydrogen-bond donors (Lipinski definition) is 2. The molecule has 0 fully saturated rings. The first-order valence-electron chi connectivity index (χ1n) is 10.7. The maximum absolute atomic E-state index is 13.4. The van der Waals surface area contributed by atoms with Crippen molar-refractivity contribution in [1.82, 2.24) is 9.97 Å². The number of aliphatic carboxylic acids is 1. The molecule has 2 heterocycles. The van der Waals surface area contributed by atoms with Crippen LogP contribution in [0.1, 0.15) is 56.7 Å². The van der Waals surface area contributed by atoms with E-state index in [0.717, 1.165) is 18.2 Å². The number of fused-ring (bicyclic) bond motifs is 1. The highest BCUT2D eigenvalue weighted by molar-refractivity contribution is 5.66. The molecule has 33 heavy (non-hydrogen) atoms. The fourth-order valence-corrected chi connectivity index (χ4v) is 3.97. The van der Waals surface area contributed by atoms with E-state index in [4.69, 9.17) is 9.84 Å². The largest absolute Gasteiger partial charge is 0.490 e. The molecule has 0 amide bonds. The van der Waals surface area contributed by atoms with Crippen LogP contribution in [-0.4, -0.2) is 33.7 Å². The van der Waals surface area contributed by atoms with Crippen LogP contribution in [-0.2, 0) is 11.0 Å². The van der Waals surface area contributed by atoms with E-state index in [1.54, 1.807) is 0 Å². The Bertz CT molecular complexity index is 995. The molecule has 3 rings (SSSR count). The summed E-state index contributed by atoms with van der Waals surface area (Å²) in [7, 11) is 0. The number of carboxylic acid groups (broad SMARTS) is 1. The molecule has 0 saturated heterocycles. The molecule has 2 aromatic rings. The molecule has 1 aliphatic heterocycles. The van der Waals surface area contributed by atoms with E-state index in [0.29, 0.717) is 29.8 Å². The van der Waals surface area contributed by atoms with Crippen molar-refractivity contribution in [2.24, 2.45) is 0 Å². The first kappa shape index (κ1) is 24.3. The zero-order valence-corrected chi connectivity index (χ0v) is 18.5. The number of alkyl halides is 3. The van der Waals surface area contributed by atoms with Crippen molar-refractivity contribution < 1.29 is 27.8 Å². The van der Waals surface area contributed by atoms with E-state index in [2.05, 4.69) is 21.9 Å². The minimum absolute atomic E-state index is 0.00128. The average Bonchev–Trinajstić information content (AvgIpc) is 2.76. The van der Waals surface area contributed by atoms with Gasteiger partial charge in [-0.1, -0.05) is 13.5 Å². The number of ether oxygens (including phenoxy) is 1. The number of anilines is 2. The number of benzene rings is 1. The van der Waals surface area contributed by atoms with E-state index in [1.165, 1.54) is 24.5 Å². The van der Waals surface area contributed by atoms with Crippen molar-refractivity contribution in [3.8, 4) is 5.75 Å². The van der Waals surface area contributed by atoms with Crippen molar-refractivity contribution in [2.75, 3.05) is 16.8 Å². The fourth-order valence-electron chi connectivity index (χ4n) is 3.97. The zero-order valence-electron chi connectivity index (χ0n) is 18.5. The van der Waals surface area contributed by atoms with Crippen LogP contribution < -0.4 is 15.0 Å². The highest BCUT2D eigenvalue weighted by Gasteiger charge is 2.36. The predicted octanol–water partition coefficient (Wildman–Crippen LogP) is 5.41. The van der Waals surface area contributed by atoms with Crippen molar-refractivity contribution in [2.45, 2.75) is 57.8 Å². The van der Waals surface area contributed by atoms with E-state index in [9.17, 15) is 18.0 Å². The Labute approximate surface area is 190 Å². The van der Waals surface area contributed by atoms with Crippen LogP contribution in [0.2, 0.25) is 0 Å². The molecular weight excluding hydrogens is 437 g/mol. The van der Waals surface area contributed by atoms with Gasteiger partial charge in [-0.25, -0.2) is 9.97 Å². The molecule has 0 radical (unpaired) electrons. The van der Waals surface area contributed by atoms with Crippen LogP contribution in [0.4, 0.5) is 24.8 Å². The number of aromatic nitrogens is 2. The van der Waals surface area contributed by atoms with E-state index in [-0.39, 0.29) is 25.0 Å². The van der Waals surface area contributed by atoms with Crippen molar-refractivity contribution >= 4 is 17.6 Å². The molecule has 0 spiro atoms. The Morgan fingerprint density at radius 2 is 2.03 bits per heavy atom. The number of halogens is 3. The molecule has 0 bridgehead atoms. The van der Waals surface area contributed by atoms with Gasteiger partial charge in [-0.05, 0) is 49.9 Å². The summed E-state index contributed by atoms with van der Waals surface area (Å²) in [4.78, 5) is 21.0. The maximum atomic E-state index is 13.4. The van der Waals surface area contributed by atoms with Crippen LogP contribution in [0.15, 0.2) is 42.9 Å². The molecule has 7 nitrogen and oxygen atoms in total. The average molecular weight is 464 g/mol. The lowest BCUT2D eigenvalue weighted by molar-refractivity contribution is -0.138. The van der Waals surface area contributed by atoms with Crippen molar-refractivity contribution in [3.63, 3.8) is 0 Å². The number of carbonyl (C=O) groups is 1. The molecule has 1 aliphatic rings. The Morgan fingerprint density at radius 1 is 1.33 bits per heavy atom. The Morgan fingerprint density at radius 3 is 2.61 bits per heavy atom. The van der Waals surface area contributed by atoms with Gasteiger partial charge in [0.1, 0.15) is 0 Å². The SMILES string of the molecule is C=C(C)N1c2ccc(C(F)(F)F)cc2C(Nc2ncc(OCCCC(=O)O)cn2)C[C@H]1CC. The highest BCUT2D eigenvalue weighted by atomic mass is 19.4. The van der Waals surface area contributed by atoms with Crippen LogP contribution >= 0.6 is 0 Å². The molecule has 178 valence electrons. The lowest BCUT2D eigenvalue weighted by Crippen LogP contribution is -2.40. The molecule has 1 aromatic heterocycles. The minimum atomic E-state index is -4.45. The fraction of sp³-hybridized carbons (Fsp3) is 0.435. The Balaban J connectivity index is 1.83. The summed E-state index contributed by atoms with van der Waals surface area (Å²) in [6.45, 7) is 8.10. The standard InChI is InChI=1S/C23H27F3N4O3/c1-4-16-11-19(29-22-27-12-17(13-28-22)33-9-5-6-21(31)32)18-10-15(23(24,25)26)7-8-20(18)30(16)14(2)3/h7-8,10,12-13,16,19H,2,4-6,9,11H2,1,3H3,(H,31,32)(H,27,28,29)/t16-,19?/m1/s1. The van der Waals surface area contributed by atoms with Gasteiger partial charge in [0.25, 0.3) is 0 Å². The summed E-state index contributed by atoms with van der Waals surface area (Å²) in [6, 6.07) is 3.40.